The summed E-state index contributed by atoms with van der Waals surface area (Å²) in [4.78, 5) is 14.1. The molecule has 1 aliphatic heterocycles. The molecule has 2 nitrogen and oxygen atoms in total. The monoisotopic (exact) mass is 183 g/mol. The smallest absolute Gasteiger partial charge is 0.228 e. The van der Waals surface area contributed by atoms with Crippen molar-refractivity contribution in [2.75, 3.05) is 6.54 Å². The van der Waals surface area contributed by atoms with E-state index in [0.717, 1.165) is 13.0 Å². The predicted molar refractivity (Wildman–Crippen MR) is 54.5 cm³/mol. The SMILES string of the molecule is CCC(C)(C)C(=O)N1CCCC1C. The van der Waals surface area contributed by atoms with Crippen molar-refractivity contribution >= 4 is 5.91 Å². The maximum atomic E-state index is 12.0. The number of likely N-dealkylation sites (tertiary alicyclic amines) is 1. The molecule has 2 heteroatoms. The molecule has 76 valence electrons. The fourth-order valence-electron chi connectivity index (χ4n) is 1.77. The van der Waals surface area contributed by atoms with E-state index >= 15 is 0 Å². The van der Waals surface area contributed by atoms with Crippen molar-refractivity contribution in [1.82, 2.24) is 4.90 Å². The third-order valence-corrected chi connectivity index (χ3v) is 3.28. The van der Waals surface area contributed by atoms with Gasteiger partial charge in [-0.05, 0) is 26.2 Å². The molecule has 1 fully saturated rings. The van der Waals surface area contributed by atoms with E-state index in [1.165, 1.54) is 12.8 Å². The minimum atomic E-state index is -0.168. The molecule has 1 heterocycles. The van der Waals surface area contributed by atoms with Crippen LogP contribution in [0.4, 0.5) is 0 Å². The summed E-state index contributed by atoms with van der Waals surface area (Å²) in [7, 11) is 0. The Hall–Kier alpha value is -0.530. The predicted octanol–water partition coefficient (Wildman–Crippen LogP) is 2.43. The zero-order chi connectivity index (χ0) is 10.1. The topological polar surface area (TPSA) is 20.3 Å². The van der Waals surface area contributed by atoms with Gasteiger partial charge in [0.05, 0.1) is 0 Å². The van der Waals surface area contributed by atoms with E-state index in [2.05, 4.69) is 13.8 Å². The highest BCUT2D eigenvalue weighted by molar-refractivity contribution is 5.82. The van der Waals surface area contributed by atoms with Gasteiger partial charge in [-0.1, -0.05) is 20.8 Å². The van der Waals surface area contributed by atoms with Crippen molar-refractivity contribution in [1.29, 1.82) is 0 Å². The van der Waals surface area contributed by atoms with Crippen molar-refractivity contribution in [2.45, 2.75) is 53.0 Å². The van der Waals surface area contributed by atoms with Gasteiger partial charge in [0.15, 0.2) is 0 Å². The first-order chi connectivity index (χ1) is 5.99. The zero-order valence-corrected chi connectivity index (χ0v) is 9.26. The van der Waals surface area contributed by atoms with Gasteiger partial charge in [-0.15, -0.1) is 0 Å². The first-order valence-electron chi connectivity index (χ1n) is 5.30. The van der Waals surface area contributed by atoms with Gasteiger partial charge < -0.3 is 4.90 Å². The standard InChI is InChI=1S/C11H21NO/c1-5-11(3,4)10(13)12-8-6-7-9(12)2/h9H,5-8H2,1-4H3. The number of hydrogen-bond donors (Lipinski definition) is 0. The molecule has 0 aromatic heterocycles. The Labute approximate surface area is 81.3 Å². The van der Waals surface area contributed by atoms with Crippen LogP contribution in [-0.2, 0) is 4.79 Å². The Bertz CT molecular complexity index is 198. The van der Waals surface area contributed by atoms with Gasteiger partial charge in [0.25, 0.3) is 0 Å². The highest BCUT2D eigenvalue weighted by Gasteiger charge is 2.34. The second-order valence-electron chi connectivity index (χ2n) is 4.73. The second-order valence-corrected chi connectivity index (χ2v) is 4.73. The van der Waals surface area contributed by atoms with Crippen LogP contribution in [0.5, 0.6) is 0 Å². The van der Waals surface area contributed by atoms with Crippen LogP contribution in [0.25, 0.3) is 0 Å². The van der Waals surface area contributed by atoms with E-state index in [4.69, 9.17) is 0 Å². The van der Waals surface area contributed by atoms with Crippen molar-refractivity contribution in [3.63, 3.8) is 0 Å². The van der Waals surface area contributed by atoms with Crippen molar-refractivity contribution in [3.8, 4) is 0 Å². The number of carbonyl (C=O) groups is 1. The molecular weight excluding hydrogens is 162 g/mol. The number of hydrogen-bond acceptors (Lipinski definition) is 1. The quantitative estimate of drug-likeness (QED) is 0.644. The number of carbonyl (C=O) groups excluding carboxylic acids is 1. The maximum absolute atomic E-state index is 12.0. The summed E-state index contributed by atoms with van der Waals surface area (Å²) in [6.07, 6.45) is 3.27. The Morgan fingerprint density at radius 1 is 1.54 bits per heavy atom. The van der Waals surface area contributed by atoms with Crippen LogP contribution in [0.1, 0.15) is 47.0 Å². The summed E-state index contributed by atoms with van der Waals surface area (Å²) in [6, 6.07) is 0.457. The van der Waals surface area contributed by atoms with Gasteiger partial charge in [-0.3, -0.25) is 4.79 Å². The van der Waals surface area contributed by atoms with E-state index in [-0.39, 0.29) is 5.41 Å². The van der Waals surface area contributed by atoms with Crippen molar-refractivity contribution in [2.24, 2.45) is 5.41 Å². The molecule has 0 aliphatic carbocycles. The summed E-state index contributed by atoms with van der Waals surface area (Å²) >= 11 is 0. The molecule has 1 rings (SSSR count). The van der Waals surface area contributed by atoms with Crippen molar-refractivity contribution in [3.05, 3.63) is 0 Å². The van der Waals surface area contributed by atoms with E-state index in [1.54, 1.807) is 0 Å². The molecule has 0 bridgehead atoms. The molecule has 13 heavy (non-hydrogen) atoms. The average molecular weight is 183 g/mol. The minimum Gasteiger partial charge on any atom is -0.340 e. The van der Waals surface area contributed by atoms with Crippen LogP contribution < -0.4 is 0 Å². The molecule has 1 saturated heterocycles. The first-order valence-corrected chi connectivity index (χ1v) is 5.30. The summed E-state index contributed by atoms with van der Waals surface area (Å²) < 4.78 is 0. The summed E-state index contributed by atoms with van der Waals surface area (Å²) in [6.45, 7) is 9.28. The average Bonchev–Trinajstić information content (AvgIpc) is 2.50. The lowest BCUT2D eigenvalue weighted by Gasteiger charge is -2.31. The van der Waals surface area contributed by atoms with E-state index in [9.17, 15) is 4.79 Å². The highest BCUT2D eigenvalue weighted by atomic mass is 16.2. The van der Waals surface area contributed by atoms with Gasteiger partial charge in [-0.2, -0.15) is 0 Å². The van der Waals surface area contributed by atoms with Crippen molar-refractivity contribution < 1.29 is 4.79 Å². The summed E-state index contributed by atoms with van der Waals surface area (Å²) in [5.74, 6) is 0.333. The van der Waals surface area contributed by atoms with E-state index in [1.807, 2.05) is 18.7 Å². The van der Waals surface area contributed by atoms with Gasteiger partial charge >= 0.3 is 0 Å². The largest absolute Gasteiger partial charge is 0.340 e. The molecule has 1 amide bonds. The number of rotatable bonds is 2. The molecule has 1 atom stereocenters. The van der Waals surface area contributed by atoms with Gasteiger partial charge in [0.1, 0.15) is 0 Å². The van der Waals surface area contributed by atoms with Crippen LogP contribution in [0.15, 0.2) is 0 Å². The zero-order valence-electron chi connectivity index (χ0n) is 9.26. The molecule has 0 saturated carbocycles. The van der Waals surface area contributed by atoms with Gasteiger partial charge in [0.2, 0.25) is 5.91 Å². The molecule has 1 unspecified atom stereocenters. The van der Waals surface area contributed by atoms with E-state index in [0.29, 0.717) is 11.9 Å². The van der Waals surface area contributed by atoms with Gasteiger partial charge in [-0.25, -0.2) is 0 Å². The van der Waals surface area contributed by atoms with Crippen LogP contribution in [0.2, 0.25) is 0 Å². The van der Waals surface area contributed by atoms with E-state index < -0.39 is 0 Å². The fourth-order valence-corrected chi connectivity index (χ4v) is 1.77. The molecule has 0 spiro atoms. The third kappa shape index (κ3) is 2.04. The lowest BCUT2D eigenvalue weighted by Crippen LogP contribution is -2.42. The lowest BCUT2D eigenvalue weighted by atomic mass is 9.88. The molecule has 0 N–H and O–H groups in total. The maximum Gasteiger partial charge on any atom is 0.228 e. The summed E-state index contributed by atoms with van der Waals surface area (Å²) in [5.41, 5.74) is -0.168. The second kappa shape index (κ2) is 3.69. The molecular formula is C11H21NO. The third-order valence-electron chi connectivity index (χ3n) is 3.28. The van der Waals surface area contributed by atoms with Crippen LogP contribution >= 0.6 is 0 Å². The van der Waals surface area contributed by atoms with Gasteiger partial charge in [0, 0.05) is 18.0 Å². The fraction of sp³-hybridized carbons (Fsp3) is 0.909. The summed E-state index contributed by atoms with van der Waals surface area (Å²) in [5, 5.41) is 0. The number of amides is 1. The Kier molecular flexibility index (Phi) is 2.99. The number of nitrogens with zero attached hydrogens (tertiary/aromatic N) is 1. The Morgan fingerprint density at radius 2 is 2.15 bits per heavy atom. The Balaban J connectivity index is 2.66. The molecule has 0 aromatic rings. The Morgan fingerprint density at radius 3 is 2.54 bits per heavy atom. The molecule has 0 radical (unpaired) electrons. The molecule has 1 aliphatic rings. The normalized spacial score (nSPS) is 23.7. The van der Waals surface area contributed by atoms with Crippen LogP contribution in [-0.4, -0.2) is 23.4 Å². The highest BCUT2D eigenvalue weighted by Crippen LogP contribution is 2.27. The van der Waals surface area contributed by atoms with Crippen LogP contribution in [0.3, 0.4) is 0 Å². The lowest BCUT2D eigenvalue weighted by molar-refractivity contribution is -0.141. The first kappa shape index (κ1) is 10.6. The van der Waals surface area contributed by atoms with Crippen LogP contribution in [0, 0.1) is 5.41 Å². The molecule has 0 aromatic carbocycles. The minimum absolute atomic E-state index is 0.168.